The van der Waals surface area contributed by atoms with Crippen LogP contribution < -0.4 is 21.1 Å². The van der Waals surface area contributed by atoms with Crippen molar-refractivity contribution in [1.29, 1.82) is 0 Å². The Morgan fingerprint density at radius 3 is 2.57 bits per heavy atom. The van der Waals surface area contributed by atoms with Crippen molar-refractivity contribution >= 4 is 29.3 Å². The molecule has 0 saturated carbocycles. The third kappa shape index (κ3) is 7.57. The van der Waals surface area contributed by atoms with Gasteiger partial charge in [0, 0.05) is 31.0 Å². The van der Waals surface area contributed by atoms with Gasteiger partial charge >= 0.3 is 0 Å². The van der Waals surface area contributed by atoms with Crippen molar-refractivity contribution < 1.29 is 14.3 Å². The zero-order chi connectivity index (χ0) is 15.5. The van der Waals surface area contributed by atoms with E-state index in [2.05, 4.69) is 10.6 Å². The number of amides is 2. The topological polar surface area (TPSA) is 93.4 Å². The standard InChI is InChI=1S/C14H21N3O3S/c1-20-12-4-2-11(3-5-12)17-14(19)10-21-9-6-13(18)16-8-7-15/h2-5H,6-10,15H2,1H3,(H,16,18)(H,17,19). The highest BCUT2D eigenvalue weighted by molar-refractivity contribution is 7.99. The molecule has 0 aliphatic carbocycles. The Hall–Kier alpha value is -1.73. The van der Waals surface area contributed by atoms with Gasteiger partial charge in [-0.3, -0.25) is 9.59 Å². The first-order valence-corrected chi connectivity index (χ1v) is 7.79. The maximum atomic E-state index is 11.7. The van der Waals surface area contributed by atoms with Crippen LogP contribution in [-0.2, 0) is 9.59 Å². The molecule has 0 spiro atoms. The highest BCUT2D eigenvalue weighted by atomic mass is 32.2. The van der Waals surface area contributed by atoms with Crippen LogP contribution in [0.15, 0.2) is 24.3 Å². The SMILES string of the molecule is COc1ccc(NC(=O)CSCCC(=O)NCCN)cc1. The third-order valence-corrected chi connectivity index (χ3v) is 3.51. The second-order valence-corrected chi connectivity index (χ2v) is 5.32. The van der Waals surface area contributed by atoms with E-state index in [1.165, 1.54) is 11.8 Å². The highest BCUT2D eigenvalue weighted by Gasteiger charge is 2.05. The number of hydrogen-bond donors (Lipinski definition) is 3. The zero-order valence-corrected chi connectivity index (χ0v) is 12.9. The van der Waals surface area contributed by atoms with Crippen molar-refractivity contribution in [2.24, 2.45) is 5.73 Å². The fourth-order valence-corrected chi connectivity index (χ4v) is 2.23. The van der Waals surface area contributed by atoms with Crippen LogP contribution in [0.4, 0.5) is 5.69 Å². The first-order valence-electron chi connectivity index (χ1n) is 6.64. The summed E-state index contributed by atoms with van der Waals surface area (Å²) < 4.78 is 5.04. The summed E-state index contributed by atoms with van der Waals surface area (Å²) in [6, 6.07) is 7.12. The first-order chi connectivity index (χ1) is 10.2. The lowest BCUT2D eigenvalue weighted by Gasteiger charge is -2.06. The van der Waals surface area contributed by atoms with E-state index >= 15 is 0 Å². The smallest absolute Gasteiger partial charge is 0.234 e. The van der Waals surface area contributed by atoms with E-state index < -0.39 is 0 Å². The van der Waals surface area contributed by atoms with Crippen LogP contribution in [0.2, 0.25) is 0 Å². The average Bonchev–Trinajstić information content (AvgIpc) is 2.50. The van der Waals surface area contributed by atoms with Crippen LogP contribution >= 0.6 is 11.8 Å². The minimum Gasteiger partial charge on any atom is -0.497 e. The van der Waals surface area contributed by atoms with Crippen molar-refractivity contribution in [2.75, 3.05) is 37.0 Å². The predicted octanol–water partition coefficient (Wildman–Crippen LogP) is 0.832. The van der Waals surface area contributed by atoms with Crippen LogP contribution in [-0.4, -0.2) is 43.5 Å². The van der Waals surface area contributed by atoms with Gasteiger partial charge in [0.2, 0.25) is 11.8 Å². The fourth-order valence-electron chi connectivity index (χ4n) is 1.50. The Balaban J connectivity index is 2.17. The average molecular weight is 311 g/mol. The van der Waals surface area contributed by atoms with Gasteiger partial charge in [-0.15, -0.1) is 0 Å². The lowest BCUT2D eigenvalue weighted by atomic mass is 10.3. The van der Waals surface area contributed by atoms with Crippen molar-refractivity contribution in [3.05, 3.63) is 24.3 Å². The minimum absolute atomic E-state index is 0.0384. The van der Waals surface area contributed by atoms with Crippen LogP contribution in [0.3, 0.4) is 0 Å². The monoisotopic (exact) mass is 311 g/mol. The number of nitrogens with two attached hydrogens (primary N) is 1. The first kappa shape index (κ1) is 17.3. The van der Waals surface area contributed by atoms with Crippen LogP contribution in [0, 0.1) is 0 Å². The largest absolute Gasteiger partial charge is 0.497 e. The van der Waals surface area contributed by atoms with Gasteiger partial charge in [0.1, 0.15) is 5.75 Å². The Labute approximate surface area is 128 Å². The predicted molar refractivity (Wildman–Crippen MR) is 85.6 cm³/mol. The Kier molecular flexibility index (Phi) is 8.30. The van der Waals surface area contributed by atoms with E-state index in [4.69, 9.17) is 10.5 Å². The molecule has 0 radical (unpaired) electrons. The normalized spacial score (nSPS) is 10.0. The number of nitrogens with one attached hydrogen (secondary N) is 2. The van der Waals surface area contributed by atoms with Gasteiger partial charge in [-0.1, -0.05) is 0 Å². The van der Waals surface area contributed by atoms with E-state index in [9.17, 15) is 9.59 Å². The van der Waals surface area contributed by atoms with Gasteiger partial charge in [0.05, 0.1) is 12.9 Å². The van der Waals surface area contributed by atoms with E-state index in [0.29, 0.717) is 31.0 Å². The maximum absolute atomic E-state index is 11.7. The van der Waals surface area contributed by atoms with Gasteiger partial charge in [0.15, 0.2) is 0 Å². The summed E-state index contributed by atoms with van der Waals surface area (Å²) in [6.45, 7) is 0.921. The molecular weight excluding hydrogens is 290 g/mol. The van der Waals surface area contributed by atoms with Gasteiger partial charge in [-0.2, -0.15) is 11.8 Å². The van der Waals surface area contributed by atoms with Crippen LogP contribution in [0.5, 0.6) is 5.75 Å². The highest BCUT2D eigenvalue weighted by Crippen LogP contribution is 2.15. The van der Waals surface area contributed by atoms with Crippen molar-refractivity contribution in [2.45, 2.75) is 6.42 Å². The molecule has 116 valence electrons. The summed E-state index contributed by atoms with van der Waals surface area (Å²) in [5.41, 5.74) is 6.01. The summed E-state index contributed by atoms with van der Waals surface area (Å²) in [7, 11) is 1.59. The van der Waals surface area contributed by atoms with E-state index in [1.54, 1.807) is 31.4 Å². The molecular formula is C14H21N3O3S. The molecule has 0 unspecified atom stereocenters. The molecule has 0 atom stereocenters. The molecule has 1 aromatic carbocycles. The number of carbonyl (C=O) groups is 2. The number of thioether (sulfide) groups is 1. The zero-order valence-electron chi connectivity index (χ0n) is 12.1. The molecule has 0 bridgehead atoms. The molecule has 21 heavy (non-hydrogen) atoms. The third-order valence-electron chi connectivity index (χ3n) is 2.55. The number of ether oxygens (including phenoxy) is 1. The van der Waals surface area contributed by atoms with Crippen molar-refractivity contribution in [1.82, 2.24) is 5.32 Å². The van der Waals surface area contributed by atoms with E-state index in [-0.39, 0.29) is 11.8 Å². The molecule has 7 heteroatoms. The molecule has 1 rings (SSSR count). The minimum atomic E-state index is -0.0902. The molecule has 0 saturated heterocycles. The van der Waals surface area contributed by atoms with Gasteiger partial charge < -0.3 is 21.1 Å². The molecule has 0 aromatic heterocycles. The summed E-state index contributed by atoms with van der Waals surface area (Å²) in [5, 5.41) is 5.46. The van der Waals surface area contributed by atoms with Crippen LogP contribution in [0.1, 0.15) is 6.42 Å². The molecule has 0 aliphatic rings. The lowest BCUT2D eigenvalue weighted by molar-refractivity contribution is -0.120. The van der Waals surface area contributed by atoms with Crippen LogP contribution in [0.25, 0.3) is 0 Å². The van der Waals surface area contributed by atoms with Crippen molar-refractivity contribution in [3.63, 3.8) is 0 Å². The second-order valence-electron chi connectivity index (χ2n) is 4.22. The lowest BCUT2D eigenvalue weighted by Crippen LogP contribution is -2.29. The summed E-state index contributed by atoms with van der Waals surface area (Å²) in [4.78, 5) is 23.0. The summed E-state index contributed by atoms with van der Waals surface area (Å²) >= 11 is 1.42. The molecule has 2 amide bonds. The van der Waals surface area contributed by atoms with Gasteiger partial charge in [-0.25, -0.2) is 0 Å². The number of anilines is 1. The number of benzene rings is 1. The summed E-state index contributed by atoms with van der Waals surface area (Å²) in [6.07, 6.45) is 0.389. The molecule has 0 aliphatic heterocycles. The van der Waals surface area contributed by atoms with Gasteiger partial charge in [-0.05, 0) is 24.3 Å². The number of carbonyl (C=O) groups excluding carboxylic acids is 2. The maximum Gasteiger partial charge on any atom is 0.234 e. The summed E-state index contributed by atoms with van der Waals surface area (Å²) in [5.74, 6) is 1.53. The van der Waals surface area contributed by atoms with E-state index in [0.717, 1.165) is 11.4 Å². The number of rotatable bonds is 9. The molecule has 4 N–H and O–H groups in total. The Bertz CT molecular complexity index is 451. The Morgan fingerprint density at radius 1 is 1.24 bits per heavy atom. The fraction of sp³-hybridized carbons (Fsp3) is 0.429. The number of hydrogen-bond acceptors (Lipinski definition) is 5. The quantitative estimate of drug-likeness (QED) is 0.587. The molecule has 6 nitrogen and oxygen atoms in total. The van der Waals surface area contributed by atoms with Crippen molar-refractivity contribution in [3.8, 4) is 5.75 Å². The second kappa shape index (κ2) is 10.1. The molecule has 1 aromatic rings. The van der Waals surface area contributed by atoms with Gasteiger partial charge in [0.25, 0.3) is 0 Å². The number of methoxy groups -OCH3 is 1. The Morgan fingerprint density at radius 2 is 1.95 bits per heavy atom. The molecule has 0 heterocycles. The van der Waals surface area contributed by atoms with E-state index in [1.807, 2.05) is 0 Å². The molecule has 0 fully saturated rings.